The zero-order chi connectivity index (χ0) is 10.5. The molecule has 1 aliphatic carbocycles. The number of aliphatic imine (C=N–C) groups is 1. The zero-order valence-corrected chi connectivity index (χ0v) is 8.80. The first-order valence-electron chi connectivity index (χ1n) is 5.16. The number of nitrogens with zero attached hydrogens (tertiary/aromatic N) is 1. The molecule has 75 valence electrons. The van der Waals surface area contributed by atoms with E-state index in [2.05, 4.69) is 36.9 Å². The van der Waals surface area contributed by atoms with Gasteiger partial charge in [0.2, 0.25) is 0 Å². The molecule has 0 heterocycles. The van der Waals surface area contributed by atoms with Gasteiger partial charge in [-0.15, -0.1) is 0 Å². The Balaban J connectivity index is 1.94. The second-order valence-corrected chi connectivity index (χ2v) is 3.58. The Bertz CT molecular complexity index is 309. The van der Waals surface area contributed by atoms with Gasteiger partial charge < -0.3 is 0 Å². The lowest BCUT2D eigenvalue weighted by molar-refractivity contribution is 0.823. The van der Waals surface area contributed by atoms with Gasteiger partial charge in [-0.1, -0.05) is 30.3 Å². The van der Waals surface area contributed by atoms with E-state index in [-0.39, 0.29) is 6.04 Å². The molecule has 0 N–H and O–H groups in total. The van der Waals surface area contributed by atoms with Crippen LogP contribution in [0.3, 0.4) is 0 Å². The van der Waals surface area contributed by atoms with Crippen molar-refractivity contribution in [2.75, 3.05) is 0 Å². The predicted molar refractivity (Wildman–Crippen MR) is 63.8 cm³/mol. The molecule has 1 aliphatic rings. The lowest BCUT2D eigenvalue weighted by Gasteiger charge is -2.07. The topological polar surface area (TPSA) is 12.4 Å². The van der Waals surface area contributed by atoms with Crippen LogP contribution in [0.15, 0.2) is 35.3 Å². The van der Waals surface area contributed by atoms with Gasteiger partial charge >= 0.3 is 0 Å². The average molecular weight is 196 g/mol. The third-order valence-electron chi connectivity index (χ3n) is 2.42. The normalized spacial score (nSPS) is 19.8. The molecule has 0 spiro atoms. The summed E-state index contributed by atoms with van der Waals surface area (Å²) < 4.78 is 0. The van der Waals surface area contributed by atoms with E-state index in [1.54, 1.807) is 0 Å². The van der Waals surface area contributed by atoms with Crippen molar-refractivity contribution in [2.45, 2.75) is 13.0 Å². The summed E-state index contributed by atoms with van der Waals surface area (Å²) in [6.07, 6.45) is 10.1. The van der Waals surface area contributed by atoms with Crippen LogP contribution >= 0.6 is 0 Å². The van der Waals surface area contributed by atoms with Crippen molar-refractivity contribution in [2.24, 2.45) is 4.99 Å². The first-order valence-corrected chi connectivity index (χ1v) is 5.16. The van der Waals surface area contributed by atoms with Gasteiger partial charge in [0.1, 0.15) is 0 Å². The summed E-state index contributed by atoms with van der Waals surface area (Å²) in [5.74, 6) is 1.16. The minimum Gasteiger partial charge on any atom is -0.289 e. The first kappa shape index (κ1) is 10.4. The van der Waals surface area contributed by atoms with Crippen LogP contribution in [0.2, 0.25) is 0 Å². The molecule has 1 saturated carbocycles. The highest BCUT2D eigenvalue weighted by Gasteiger charge is 2.14. The summed E-state index contributed by atoms with van der Waals surface area (Å²) in [4.78, 5) is 4.51. The van der Waals surface area contributed by atoms with E-state index in [4.69, 9.17) is 0 Å². The van der Waals surface area contributed by atoms with Gasteiger partial charge in [0.15, 0.2) is 0 Å². The molecular weight excluding hydrogens is 182 g/mol. The molecular formula is C14H14N. The van der Waals surface area contributed by atoms with Gasteiger partial charge in [-0.25, -0.2) is 0 Å². The standard InChI is InChI=1S/C14H14N/c1-12(14-9-3-2-4-10-14)15-11-13-7-5-6-8-13/h2-12H,1H3. The number of hydrogen-bond acceptors (Lipinski definition) is 1. The Labute approximate surface area is 92.2 Å². The van der Waals surface area contributed by atoms with Crippen molar-refractivity contribution in [1.29, 1.82) is 0 Å². The fourth-order valence-electron chi connectivity index (χ4n) is 1.49. The molecule has 1 fully saturated rings. The second-order valence-electron chi connectivity index (χ2n) is 3.58. The maximum absolute atomic E-state index is 4.51. The van der Waals surface area contributed by atoms with Crippen LogP contribution in [0.5, 0.6) is 0 Å². The van der Waals surface area contributed by atoms with Crippen molar-refractivity contribution in [3.05, 3.63) is 67.5 Å². The van der Waals surface area contributed by atoms with Crippen LogP contribution in [0, 0.1) is 31.6 Å². The van der Waals surface area contributed by atoms with Crippen LogP contribution in [-0.4, -0.2) is 6.21 Å². The number of hydrogen-bond donors (Lipinski definition) is 0. The fraction of sp³-hybridized carbons (Fsp3) is 0.143. The van der Waals surface area contributed by atoms with Crippen LogP contribution in [0.1, 0.15) is 18.5 Å². The van der Waals surface area contributed by atoms with Crippen molar-refractivity contribution in [3.8, 4) is 0 Å². The summed E-state index contributed by atoms with van der Waals surface area (Å²) in [6, 6.07) is 10.5. The van der Waals surface area contributed by atoms with E-state index in [0.717, 1.165) is 5.92 Å². The van der Waals surface area contributed by atoms with Gasteiger partial charge in [-0.05, 0) is 38.2 Å². The molecule has 15 heavy (non-hydrogen) atoms. The van der Waals surface area contributed by atoms with Crippen molar-refractivity contribution in [3.63, 3.8) is 0 Å². The molecule has 0 aromatic heterocycles. The molecule has 0 saturated heterocycles. The molecule has 1 unspecified atom stereocenters. The third kappa shape index (κ3) is 2.92. The number of rotatable bonds is 3. The van der Waals surface area contributed by atoms with E-state index in [0.29, 0.717) is 0 Å². The Hall–Kier alpha value is -1.11. The van der Waals surface area contributed by atoms with Crippen LogP contribution in [-0.2, 0) is 0 Å². The van der Waals surface area contributed by atoms with Gasteiger partial charge in [0.25, 0.3) is 0 Å². The highest BCUT2D eigenvalue weighted by molar-refractivity contribution is 5.82. The quantitative estimate of drug-likeness (QED) is 0.658. The lowest BCUT2D eigenvalue weighted by Crippen LogP contribution is -1.96. The van der Waals surface area contributed by atoms with Gasteiger partial charge in [0, 0.05) is 12.1 Å². The SMILES string of the molecule is CC(N=C[C]1[CH][CH][CH][CH]1)c1ccccc1. The highest BCUT2D eigenvalue weighted by atomic mass is 14.8. The molecule has 1 aromatic carbocycles. The van der Waals surface area contributed by atoms with Crippen LogP contribution in [0.25, 0.3) is 0 Å². The summed E-state index contributed by atoms with van der Waals surface area (Å²) in [5.41, 5.74) is 1.25. The van der Waals surface area contributed by atoms with E-state index >= 15 is 0 Å². The maximum Gasteiger partial charge on any atom is 0.0717 e. The monoisotopic (exact) mass is 196 g/mol. The van der Waals surface area contributed by atoms with E-state index < -0.39 is 0 Å². The second kappa shape index (κ2) is 5.11. The molecule has 2 rings (SSSR count). The molecule has 1 heteroatoms. The van der Waals surface area contributed by atoms with E-state index in [9.17, 15) is 0 Å². The molecule has 1 aromatic rings. The summed E-state index contributed by atoms with van der Waals surface area (Å²) in [5, 5.41) is 0. The lowest BCUT2D eigenvalue weighted by atomic mass is 10.1. The first-order chi connectivity index (χ1) is 7.36. The van der Waals surface area contributed by atoms with Crippen molar-refractivity contribution < 1.29 is 0 Å². The van der Waals surface area contributed by atoms with Gasteiger partial charge in [0.05, 0.1) is 6.04 Å². The molecule has 0 bridgehead atoms. The van der Waals surface area contributed by atoms with Crippen LogP contribution in [0.4, 0.5) is 0 Å². The van der Waals surface area contributed by atoms with E-state index in [1.807, 2.05) is 37.3 Å². The molecule has 0 aliphatic heterocycles. The summed E-state index contributed by atoms with van der Waals surface area (Å²) >= 11 is 0. The van der Waals surface area contributed by atoms with Crippen molar-refractivity contribution >= 4 is 6.21 Å². The summed E-state index contributed by atoms with van der Waals surface area (Å²) in [6.45, 7) is 2.11. The maximum atomic E-state index is 4.51. The molecule has 0 amide bonds. The third-order valence-corrected chi connectivity index (χ3v) is 2.42. The van der Waals surface area contributed by atoms with Crippen molar-refractivity contribution in [1.82, 2.24) is 0 Å². The Kier molecular flexibility index (Phi) is 3.54. The molecule has 1 nitrogen and oxygen atoms in total. The van der Waals surface area contributed by atoms with Crippen LogP contribution < -0.4 is 0 Å². The number of benzene rings is 1. The molecule has 1 atom stereocenters. The van der Waals surface area contributed by atoms with Gasteiger partial charge in [-0.2, -0.15) is 0 Å². The fourth-order valence-corrected chi connectivity index (χ4v) is 1.49. The highest BCUT2D eigenvalue weighted by Crippen LogP contribution is 2.22. The summed E-state index contributed by atoms with van der Waals surface area (Å²) in [7, 11) is 0. The van der Waals surface area contributed by atoms with Gasteiger partial charge in [-0.3, -0.25) is 4.99 Å². The largest absolute Gasteiger partial charge is 0.289 e. The Morgan fingerprint density at radius 2 is 1.73 bits per heavy atom. The predicted octanol–water partition coefficient (Wildman–Crippen LogP) is 3.22. The minimum atomic E-state index is 0.223. The molecule has 5 radical (unpaired) electrons. The van der Waals surface area contributed by atoms with E-state index in [1.165, 1.54) is 5.56 Å². The smallest absolute Gasteiger partial charge is 0.0717 e. The Morgan fingerprint density at radius 1 is 1.07 bits per heavy atom. The Morgan fingerprint density at radius 3 is 2.40 bits per heavy atom. The zero-order valence-electron chi connectivity index (χ0n) is 8.80. The average Bonchev–Trinajstić information content (AvgIpc) is 2.80. The minimum absolute atomic E-state index is 0.223.